The fraction of sp³-hybridized carbons (Fsp3) is 0.133. The van der Waals surface area contributed by atoms with E-state index < -0.39 is 0 Å². The minimum Gasteiger partial charge on any atom is -0.494 e. The first kappa shape index (κ1) is 16.0. The van der Waals surface area contributed by atoms with Gasteiger partial charge in [0.1, 0.15) is 0 Å². The van der Waals surface area contributed by atoms with Crippen molar-refractivity contribution in [2.45, 2.75) is 4.90 Å². The van der Waals surface area contributed by atoms with Crippen LogP contribution in [-0.2, 0) is 0 Å². The van der Waals surface area contributed by atoms with Gasteiger partial charge in [0.2, 0.25) is 0 Å². The Kier molecular flexibility index (Phi) is 5.39. The quantitative estimate of drug-likeness (QED) is 0.797. The molecule has 21 heavy (non-hydrogen) atoms. The van der Waals surface area contributed by atoms with E-state index in [2.05, 4.69) is 5.32 Å². The molecule has 0 aliphatic heterocycles. The first-order chi connectivity index (χ1) is 10.0. The van der Waals surface area contributed by atoms with Gasteiger partial charge in [-0.2, -0.15) is 0 Å². The van der Waals surface area contributed by atoms with Crippen molar-refractivity contribution in [3.63, 3.8) is 0 Å². The van der Waals surface area contributed by atoms with Gasteiger partial charge in [-0.1, -0.05) is 23.2 Å². The largest absolute Gasteiger partial charge is 0.494 e. The number of rotatable bonds is 4. The SMILES string of the molecule is COc1c(Cl)cc(C(=O)Nc2ccc(SC)cc2)cc1Cl. The molecule has 1 N–H and O–H groups in total. The Hall–Kier alpha value is -1.36. The number of carbonyl (C=O) groups is 1. The monoisotopic (exact) mass is 341 g/mol. The average Bonchev–Trinajstić information content (AvgIpc) is 2.47. The van der Waals surface area contributed by atoms with Crippen LogP contribution < -0.4 is 10.1 Å². The number of hydrogen-bond donors (Lipinski definition) is 1. The molecular formula is C15H13Cl2NO2S. The molecule has 2 rings (SSSR count). The zero-order chi connectivity index (χ0) is 15.4. The molecule has 6 heteroatoms. The summed E-state index contributed by atoms with van der Waals surface area (Å²) in [5.41, 5.74) is 1.08. The van der Waals surface area contributed by atoms with Crippen LogP contribution in [0.2, 0.25) is 10.0 Å². The predicted octanol–water partition coefficient (Wildman–Crippen LogP) is 4.98. The van der Waals surface area contributed by atoms with Crippen molar-refractivity contribution < 1.29 is 9.53 Å². The van der Waals surface area contributed by atoms with Gasteiger partial charge >= 0.3 is 0 Å². The third kappa shape index (κ3) is 3.84. The Balaban J connectivity index is 2.20. The number of thioether (sulfide) groups is 1. The van der Waals surface area contributed by atoms with E-state index in [-0.39, 0.29) is 5.91 Å². The van der Waals surface area contributed by atoms with Crippen molar-refractivity contribution in [2.24, 2.45) is 0 Å². The average molecular weight is 342 g/mol. The number of hydrogen-bond acceptors (Lipinski definition) is 3. The molecular weight excluding hydrogens is 329 g/mol. The molecule has 0 saturated carbocycles. The Morgan fingerprint density at radius 2 is 1.71 bits per heavy atom. The molecule has 0 heterocycles. The minimum atomic E-state index is -0.279. The van der Waals surface area contributed by atoms with E-state index in [0.717, 1.165) is 4.90 Å². The first-order valence-electron chi connectivity index (χ1n) is 6.03. The summed E-state index contributed by atoms with van der Waals surface area (Å²) in [6, 6.07) is 10.6. The van der Waals surface area contributed by atoms with Crippen LogP contribution in [0.15, 0.2) is 41.3 Å². The molecule has 0 atom stereocenters. The van der Waals surface area contributed by atoms with E-state index in [0.29, 0.717) is 27.0 Å². The van der Waals surface area contributed by atoms with Gasteiger partial charge in [0.15, 0.2) is 5.75 Å². The van der Waals surface area contributed by atoms with Gasteiger partial charge < -0.3 is 10.1 Å². The number of anilines is 1. The van der Waals surface area contributed by atoms with Crippen LogP contribution in [0.25, 0.3) is 0 Å². The molecule has 0 saturated heterocycles. The van der Waals surface area contributed by atoms with E-state index in [1.54, 1.807) is 11.8 Å². The van der Waals surface area contributed by atoms with Crippen LogP contribution in [0, 0.1) is 0 Å². The first-order valence-corrected chi connectivity index (χ1v) is 8.01. The fourth-order valence-electron chi connectivity index (χ4n) is 1.76. The topological polar surface area (TPSA) is 38.3 Å². The zero-order valence-electron chi connectivity index (χ0n) is 11.4. The summed E-state index contributed by atoms with van der Waals surface area (Å²) in [5, 5.41) is 3.39. The lowest BCUT2D eigenvalue weighted by molar-refractivity contribution is 0.102. The summed E-state index contributed by atoms with van der Waals surface area (Å²) >= 11 is 13.7. The number of halogens is 2. The van der Waals surface area contributed by atoms with Crippen LogP contribution in [0.4, 0.5) is 5.69 Å². The fourth-order valence-corrected chi connectivity index (χ4v) is 2.81. The third-order valence-electron chi connectivity index (χ3n) is 2.81. The van der Waals surface area contributed by atoms with Crippen molar-refractivity contribution in [3.05, 3.63) is 52.0 Å². The van der Waals surface area contributed by atoms with E-state index in [4.69, 9.17) is 27.9 Å². The number of ether oxygens (including phenoxy) is 1. The molecule has 0 spiro atoms. The highest BCUT2D eigenvalue weighted by Gasteiger charge is 2.13. The Morgan fingerprint density at radius 1 is 1.14 bits per heavy atom. The molecule has 0 aliphatic rings. The second-order valence-corrected chi connectivity index (χ2v) is 5.85. The number of benzene rings is 2. The molecule has 110 valence electrons. The summed E-state index contributed by atoms with van der Waals surface area (Å²) in [5.74, 6) is 0.0811. The third-order valence-corrected chi connectivity index (χ3v) is 4.12. The van der Waals surface area contributed by atoms with E-state index in [1.165, 1.54) is 19.2 Å². The van der Waals surface area contributed by atoms with E-state index in [1.807, 2.05) is 30.5 Å². The van der Waals surface area contributed by atoms with Gasteiger partial charge in [0.05, 0.1) is 17.2 Å². The van der Waals surface area contributed by atoms with Crippen molar-refractivity contribution in [3.8, 4) is 5.75 Å². The maximum atomic E-state index is 12.2. The van der Waals surface area contributed by atoms with Crippen LogP contribution in [0.1, 0.15) is 10.4 Å². The Labute approximate surface area is 137 Å². The molecule has 1 amide bonds. The Bertz CT molecular complexity index is 636. The molecule has 0 radical (unpaired) electrons. The highest BCUT2D eigenvalue weighted by atomic mass is 35.5. The van der Waals surface area contributed by atoms with Crippen LogP contribution >= 0.6 is 35.0 Å². The normalized spacial score (nSPS) is 10.3. The number of nitrogens with one attached hydrogen (secondary N) is 1. The lowest BCUT2D eigenvalue weighted by Crippen LogP contribution is -2.12. The zero-order valence-corrected chi connectivity index (χ0v) is 13.8. The summed E-state index contributed by atoms with van der Waals surface area (Å²) in [6.45, 7) is 0. The number of amides is 1. The summed E-state index contributed by atoms with van der Waals surface area (Å²) in [6.07, 6.45) is 1.99. The molecule has 0 fully saturated rings. The van der Waals surface area contributed by atoms with Gasteiger partial charge in [-0.05, 0) is 42.7 Å². The Morgan fingerprint density at radius 3 is 2.19 bits per heavy atom. The predicted molar refractivity (Wildman–Crippen MR) is 89.2 cm³/mol. The lowest BCUT2D eigenvalue weighted by Gasteiger charge is -2.09. The number of methoxy groups -OCH3 is 1. The summed E-state index contributed by atoms with van der Waals surface area (Å²) < 4.78 is 5.06. The van der Waals surface area contributed by atoms with Gasteiger partial charge in [0.25, 0.3) is 5.91 Å². The summed E-state index contributed by atoms with van der Waals surface area (Å²) in [7, 11) is 1.47. The smallest absolute Gasteiger partial charge is 0.255 e. The maximum absolute atomic E-state index is 12.2. The number of carbonyl (C=O) groups excluding carboxylic acids is 1. The van der Waals surface area contributed by atoms with Crippen LogP contribution in [-0.4, -0.2) is 19.3 Å². The minimum absolute atomic E-state index is 0.279. The van der Waals surface area contributed by atoms with Gasteiger partial charge in [-0.15, -0.1) is 11.8 Å². The van der Waals surface area contributed by atoms with Crippen molar-refractivity contribution in [1.29, 1.82) is 0 Å². The maximum Gasteiger partial charge on any atom is 0.255 e. The standard InChI is InChI=1S/C15H13Cl2NO2S/c1-20-14-12(16)7-9(8-13(14)17)15(19)18-10-3-5-11(21-2)6-4-10/h3-8H,1-2H3,(H,18,19). The van der Waals surface area contributed by atoms with Gasteiger partial charge in [-0.25, -0.2) is 0 Å². The molecule has 0 bridgehead atoms. The van der Waals surface area contributed by atoms with Crippen LogP contribution in [0.3, 0.4) is 0 Å². The van der Waals surface area contributed by atoms with Crippen LogP contribution in [0.5, 0.6) is 5.75 Å². The van der Waals surface area contributed by atoms with Crippen molar-refractivity contribution in [1.82, 2.24) is 0 Å². The van der Waals surface area contributed by atoms with E-state index >= 15 is 0 Å². The molecule has 0 aliphatic carbocycles. The van der Waals surface area contributed by atoms with Crippen molar-refractivity contribution in [2.75, 3.05) is 18.7 Å². The molecule has 0 aromatic heterocycles. The molecule has 2 aromatic rings. The molecule has 3 nitrogen and oxygen atoms in total. The van der Waals surface area contributed by atoms with Gasteiger partial charge in [-0.3, -0.25) is 4.79 Å². The molecule has 0 unspecified atom stereocenters. The second-order valence-electron chi connectivity index (χ2n) is 4.16. The lowest BCUT2D eigenvalue weighted by atomic mass is 10.2. The molecule has 2 aromatic carbocycles. The van der Waals surface area contributed by atoms with Gasteiger partial charge in [0, 0.05) is 16.1 Å². The van der Waals surface area contributed by atoms with E-state index in [9.17, 15) is 4.79 Å². The van der Waals surface area contributed by atoms with Crippen molar-refractivity contribution >= 4 is 46.6 Å². The highest BCUT2D eigenvalue weighted by molar-refractivity contribution is 7.98. The summed E-state index contributed by atoms with van der Waals surface area (Å²) in [4.78, 5) is 13.3. The highest BCUT2D eigenvalue weighted by Crippen LogP contribution is 2.34. The second kappa shape index (κ2) is 7.07.